The highest BCUT2D eigenvalue weighted by Crippen LogP contribution is 2.40. The molecule has 0 saturated carbocycles. The van der Waals surface area contributed by atoms with E-state index in [0.717, 1.165) is 11.4 Å². The number of likely N-dealkylation sites (tertiary alicyclic amines) is 1. The summed E-state index contributed by atoms with van der Waals surface area (Å²) >= 11 is 0. The van der Waals surface area contributed by atoms with Crippen LogP contribution in [0.4, 0.5) is 11.4 Å². The molecule has 2 aliphatic rings. The van der Waals surface area contributed by atoms with Crippen LogP contribution in [0.25, 0.3) is 0 Å². The maximum Gasteiger partial charge on any atom is 0.254 e. The van der Waals surface area contributed by atoms with Crippen molar-refractivity contribution in [3.05, 3.63) is 70.3 Å². The van der Waals surface area contributed by atoms with Gasteiger partial charge < -0.3 is 28.6 Å². The number of carbonyl (C=O) groups excluding carboxylic acids is 1. The van der Waals surface area contributed by atoms with Crippen LogP contribution < -0.4 is 24.7 Å². The number of ether oxygens (including phenoxy) is 3. The molecule has 0 unspecified atom stereocenters. The van der Waals surface area contributed by atoms with Crippen LogP contribution in [-0.4, -0.2) is 59.8 Å². The van der Waals surface area contributed by atoms with Gasteiger partial charge in [0.05, 0.1) is 37.8 Å². The Bertz CT molecular complexity index is 1410. The topological polar surface area (TPSA) is 110 Å². The van der Waals surface area contributed by atoms with Crippen LogP contribution >= 0.6 is 0 Å². The summed E-state index contributed by atoms with van der Waals surface area (Å²) in [4.78, 5) is 32.8. The number of rotatable bonds is 5. The fraction of sp³-hybridized carbons (Fsp3) is 0.308. The van der Waals surface area contributed by atoms with E-state index in [9.17, 15) is 14.9 Å². The maximum absolute atomic E-state index is 12.9. The maximum atomic E-state index is 12.9. The second kappa shape index (κ2) is 9.62. The van der Waals surface area contributed by atoms with Crippen molar-refractivity contribution in [3.63, 3.8) is 0 Å². The minimum absolute atomic E-state index is 0.177. The molecule has 0 radical (unpaired) electrons. The molecule has 3 aromatic rings. The Labute approximate surface area is 207 Å². The molecular formula is C26H25N5O5. The first-order valence-corrected chi connectivity index (χ1v) is 11.6. The quantitative estimate of drug-likeness (QED) is 0.540. The molecule has 10 nitrogen and oxygen atoms in total. The molecule has 0 bridgehead atoms. The minimum Gasteiger partial charge on any atom is -0.490 e. The van der Waals surface area contributed by atoms with E-state index in [2.05, 4.69) is 11.1 Å². The molecule has 5 rings (SSSR count). The number of aryl methyl sites for hydroxylation is 1. The van der Waals surface area contributed by atoms with Crippen LogP contribution in [-0.2, 0) is 7.05 Å². The number of hydrogen-bond acceptors (Lipinski definition) is 8. The number of anilines is 2. The fourth-order valence-corrected chi connectivity index (χ4v) is 4.44. The number of carbonyl (C=O) groups is 1. The standard InChI is InChI=1S/C26H25N5O5/c1-29-7-5-17(12-24(29)32)26(33)30-8-6-21(16-30)36-20-3-4-23-22(13-20)31(9-10-35-23)19-11-18(14-27)25(34-2)28-15-19/h3-5,7,11-13,15,21H,6,8-10,16H2,1-2H3/t21-/m0/s1. The molecular weight excluding hydrogens is 462 g/mol. The van der Waals surface area contributed by atoms with E-state index >= 15 is 0 Å². The van der Waals surface area contributed by atoms with E-state index < -0.39 is 0 Å². The highest BCUT2D eigenvalue weighted by atomic mass is 16.5. The predicted octanol–water partition coefficient (Wildman–Crippen LogP) is 2.48. The normalized spacial score (nSPS) is 16.6. The average molecular weight is 488 g/mol. The summed E-state index contributed by atoms with van der Waals surface area (Å²) in [5.74, 6) is 1.46. The van der Waals surface area contributed by atoms with Crippen molar-refractivity contribution >= 4 is 17.3 Å². The Hall–Kier alpha value is -4.52. The average Bonchev–Trinajstić information content (AvgIpc) is 3.37. The predicted molar refractivity (Wildman–Crippen MR) is 131 cm³/mol. The monoisotopic (exact) mass is 487 g/mol. The summed E-state index contributed by atoms with van der Waals surface area (Å²) in [6.07, 6.45) is 3.77. The lowest BCUT2D eigenvalue weighted by Crippen LogP contribution is -2.32. The number of benzene rings is 1. The van der Waals surface area contributed by atoms with Crippen molar-refractivity contribution in [1.82, 2.24) is 14.5 Å². The van der Waals surface area contributed by atoms with Gasteiger partial charge in [0.25, 0.3) is 11.5 Å². The van der Waals surface area contributed by atoms with Crippen LogP contribution in [0.3, 0.4) is 0 Å². The summed E-state index contributed by atoms with van der Waals surface area (Å²) in [6, 6.07) is 12.5. The lowest BCUT2D eigenvalue weighted by molar-refractivity contribution is 0.0772. The van der Waals surface area contributed by atoms with E-state index in [1.807, 2.05) is 23.1 Å². The van der Waals surface area contributed by atoms with Crippen molar-refractivity contribution in [2.75, 3.05) is 38.3 Å². The van der Waals surface area contributed by atoms with E-state index in [-0.39, 0.29) is 23.5 Å². The number of nitriles is 1. The molecule has 0 N–H and O–H groups in total. The van der Waals surface area contributed by atoms with Gasteiger partial charge in [-0.1, -0.05) is 0 Å². The van der Waals surface area contributed by atoms with Gasteiger partial charge in [0.1, 0.15) is 35.8 Å². The zero-order chi connectivity index (χ0) is 25.2. The van der Waals surface area contributed by atoms with E-state index in [1.54, 1.807) is 36.5 Å². The van der Waals surface area contributed by atoms with Crippen molar-refractivity contribution in [1.29, 1.82) is 5.26 Å². The molecule has 0 spiro atoms. The first kappa shape index (κ1) is 23.2. The van der Waals surface area contributed by atoms with Crippen LogP contribution in [0.15, 0.2) is 53.6 Å². The highest BCUT2D eigenvalue weighted by molar-refractivity contribution is 5.94. The van der Waals surface area contributed by atoms with Crippen LogP contribution in [0.1, 0.15) is 22.3 Å². The summed E-state index contributed by atoms with van der Waals surface area (Å²) in [7, 11) is 3.13. The highest BCUT2D eigenvalue weighted by Gasteiger charge is 2.29. The summed E-state index contributed by atoms with van der Waals surface area (Å²) < 4.78 is 18.7. The summed E-state index contributed by atoms with van der Waals surface area (Å²) in [5, 5.41) is 9.45. The number of aromatic nitrogens is 2. The summed E-state index contributed by atoms with van der Waals surface area (Å²) in [6.45, 7) is 2.05. The molecule has 1 saturated heterocycles. The number of fused-ring (bicyclic) bond motifs is 1. The third kappa shape index (κ3) is 4.43. The molecule has 10 heteroatoms. The molecule has 4 heterocycles. The molecule has 1 atom stereocenters. The van der Waals surface area contributed by atoms with Gasteiger partial charge in [0, 0.05) is 43.9 Å². The van der Waals surface area contributed by atoms with Gasteiger partial charge in [-0.2, -0.15) is 5.26 Å². The number of nitrogens with zero attached hydrogens (tertiary/aromatic N) is 5. The molecule has 2 aliphatic heterocycles. The zero-order valence-corrected chi connectivity index (χ0v) is 20.0. The van der Waals surface area contributed by atoms with Gasteiger partial charge in [0.2, 0.25) is 5.88 Å². The van der Waals surface area contributed by atoms with Gasteiger partial charge in [-0.15, -0.1) is 0 Å². The second-order valence-electron chi connectivity index (χ2n) is 8.64. The van der Waals surface area contributed by atoms with Gasteiger partial charge in [-0.3, -0.25) is 9.59 Å². The van der Waals surface area contributed by atoms with E-state index in [0.29, 0.717) is 55.3 Å². The molecule has 1 amide bonds. The number of methoxy groups -OCH3 is 1. The Balaban J connectivity index is 1.32. The SMILES string of the molecule is COc1ncc(N2CCOc3ccc(O[C@H]4CCN(C(=O)c5ccn(C)c(=O)c5)C4)cc32)cc1C#N. The lowest BCUT2D eigenvalue weighted by Gasteiger charge is -2.31. The van der Waals surface area contributed by atoms with Gasteiger partial charge in [-0.25, -0.2) is 4.98 Å². The van der Waals surface area contributed by atoms with E-state index in [1.165, 1.54) is 17.7 Å². The molecule has 1 fully saturated rings. The number of pyridine rings is 2. The Morgan fingerprint density at radius 2 is 2.08 bits per heavy atom. The fourth-order valence-electron chi connectivity index (χ4n) is 4.44. The third-order valence-corrected chi connectivity index (χ3v) is 6.34. The Morgan fingerprint density at radius 3 is 2.86 bits per heavy atom. The Morgan fingerprint density at radius 1 is 1.22 bits per heavy atom. The van der Waals surface area contributed by atoms with Crippen molar-refractivity contribution in [2.45, 2.75) is 12.5 Å². The minimum atomic E-state index is -0.220. The molecule has 0 aliphatic carbocycles. The molecule has 2 aromatic heterocycles. The third-order valence-electron chi connectivity index (χ3n) is 6.34. The van der Waals surface area contributed by atoms with Gasteiger partial charge in [0.15, 0.2) is 0 Å². The van der Waals surface area contributed by atoms with Crippen LogP contribution in [0, 0.1) is 11.3 Å². The first-order valence-electron chi connectivity index (χ1n) is 11.6. The molecule has 184 valence electrons. The van der Waals surface area contributed by atoms with Crippen molar-refractivity contribution in [3.8, 4) is 23.4 Å². The molecule has 1 aromatic carbocycles. The second-order valence-corrected chi connectivity index (χ2v) is 8.64. The van der Waals surface area contributed by atoms with Crippen molar-refractivity contribution < 1.29 is 19.0 Å². The van der Waals surface area contributed by atoms with Crippen LogP contribution in [0.2, 0.25) is 0 Å². The summed E-state index contributed by atoms with van der Waals surface area (Å²) in [5.41, 5.74) is 2.07. The Kier molecular flexibility index (Phi) is 6.21. The van der Waals surface area contributed by atoms with Gasteiger partial charge in [-0.05, 0) is 24.3 Å². The molecule has 36 heavy (non-hydrogen) atoms. The van der Waals surface area contributed by atoms with Crippen LogP contribution in [0.5, 0.6) is 17.4 Å². The smallest absolute Gasteiger partial charge is 0.254 e. The first-order chi connectivity index (χ1) is 17.5. The van der Waals surface area contributed by atoms with Crippen molar-refractivity contribution in [2.24, 2.45) is 7.05 Å². The largest absolute Gasteiger partial charge is 0.490 e. The zero-order valence-electron chi connectivity index (χ0n) is 20.0. The lowest BCUT2D eigenvalue weighted by atomic mass is 10.2. The number of hydrogen-bond donors (Lipinski definition) is 0. The van der Waals surface area contributed by atoms with Gasteiger partial charge >= 0.3 is 0 Å². The van der Waals surface area contributed by atoms with E-state index in [4.69, 9.17) is 14.2 Å². The number of amides is 1.